The molecule has 8 heteroatoms. The van der Waals surface area contributed by atoms with Gasteiger partial charge in [-0.1, -0.05) is 0 Å². The van der Waals surface area contributed by atoms with Crippen LogP contribution in [0, 0.1) is 5.92 Å². The number of alkyl halides is 1. The number of hydrogen-bond donors (Lipinski definition) is 2. The van der Waals surface area contributed by atoms with Crippen LogP contribution in [0.2, 0.25) is 0 Å². The maximum Gasteiger partial charge on any atom is 0.227 e. The Balaban J connectivity index is 1.49. The van der Waals surface area contributed by atoms with Gasteiger partial charge in [-0.25, -0.2) is 4.39 Å². The highest BCUT2D eigenvalue weighted by Crippen LogP contribution is 2.32. The SMILES string of the molecule is NCc1cc(-c2cc(NC(=O)C3CC3)ccn2)ccc1O[C@H]1CCN(C=O)C[C@H]1F. The third-order valence-electron chi connectivity index (χ3n) is 5.49. The molecule has 3 N–H and O–H groups in total. The van der Waals surface area contributed by atoms with E-state index in [0.29, 0.717) is 36.5 Å². The molecule has 2 fully saturated rings. The Hall–Kier alpha value is -3.00. The molecular weight excluding hydrogens is 387 g/mol. The van der Waals surface area contributed by atoms with Crippen LogP contribution in [0.1, 0.15) is 24.8 Å². The Bertz CT molecular complexity index is 934. The number of halogens is 1. The summed E-state index contributed by atoms with van der Waals surface area (Å²) in [6.07, 6.45) is 2.77. The fraction of sp³-hybridized carbons (Fsp3) is 0.409. The van der Waals surface area contributed by atoms with E-state index in [-0.39, 0.29) is 24.9 Å². The van der Waals surface area contributed by atoms with E-state index in [0.717, 1.165) is 24.0 Å². The summed E-state index contributed by atoms with van der Waals surface area (Å²) in [4.78, 5) is 28.7. The lowest BCUT2D eigenvalue weighted by Gasteiger charge is -2.33. The summed E-state index contributed by atoms with van der Waals surface area (Å²) in [7, 11) is 0. The van der Waals surface area contributed by atoms with Crippen molar-refractivity contribution in [1.82, 2.24) is 9.88 Å². The molecule has 2 atom stereocenters. The topological polar surface area (TPSA) is 97.5 Å². The van der Waals surface area contributed by atoms with Gasteiger partial charge in [0.25, 0.3) is 0 Å². The summed E-state index contributed by atoms with van der Waals surface area (Å²) in [5.41, 5.74) is 8.89. The van der Waals surface area contributed by atoms with Gasteiger partial charge in [0, 0.05) is 48.4 Å². The van der Waals surface area contributed by atoms with E-state index in [4.69, 9.17) is 10.5 Å². The van der Waals surface area contributed by atoms with Crippen molar-refractivity contribution in [3.63, 3.8) is 0 Å². The third kappa shape index (κ3) is 4.59. The van der Waals surface area contributed by atoms with Crippen LogP contribution in [-0.4, -0.2) is 47.6 Å². The molecule has 0 spiro atoms. The minimum absolute atomic E-state index is 0.0352. The molecule has 1 aliphatic carbocycles. The zero-order valence-electron chi connectivity index (χ0n) is 16.6. The first-order chi connectivity index (χ1) is 14.6. The molecule has 1 aromatic heterocycles. The molecule has 7 nitrogen and oxygen atoms in total. The number of carbonyl (C=O) groups is 2. The van der Waals surface area contributed by atoms with E-state index in [2.05, 4.69) is 10.3 Å². The molecule has 2 amide bonds. The molecule has 1 saturated carbocycles. The van der Waals surface area contributed by atoms with E-state index >= 15 is 0 Å². The second kappa shape index (κ2) is 8.79. The Morgan fingerprint density at radius 2 is 2.13 bits per heavy atom. The van der Waals surface area contributed by atoms with Crippen molar-refractivity contribution in [3.8, 4) is 17.0 Å². The molecule has 30 heavy (non-hydrogen) atoms. The van der Waals surface area contributed by atoms with Gasteiger partial charge < -0.3 is 20.7 Å². The fourth-order valence-electron chi connectivity index (χ4n) is 3.57. The van der Waals surface area contributed by atoms with Gasteiger partial charge in [0.15, 0.2) is 6.17 Å². The second-order valence-corrected chi connectivity index (χ2v) is 7.78. The highest BCUT2D eigenvalue weighted by molar-refractivity contribution is 5.94. The van der Waals surface area contributed by atoms with Gasteiger partial charge in [-0.05, 0) is 43.2 Å². The first-order valence-electron chi connectivity index (χ1n) is 10.2. The molecule has 0 bridgehead atoms. The molecule has 2 aliphatic rings. The highest BCUT2D eigenvalue weighted by Gasteiger charge is 2.31. The zero-order valence-corrected chi connectivity index (χ0v) is 16.6. The number of amides is 2. The standard InChI is InChI=1S/C22H25FN4O3/c23-18-12-27(13-28)8-6-21(18)30-20-4-3-15(9-16(20)11-24)19-10-17(5-7-25-19)26-22(29)14-1-2-14/h3-5,7,9-10,13-14,18,21H,1-2,6,8,11-12,24H2,(H,25,26,29)/t18-,21+/m1/s1. The van der Waals surface area contributed by atoms with Crippen LogP contribution in [0.5, 0.6) is 5.75 Å². The first-order valence-corrected chi connectivity index (χ1v) is 10.2. The summed E-state index contributed by atoms with van der Waals surface area (Å²) in [6.45, 7) is 0.729. The molecule has 4 rings (SSSR count). The normalized spacial score (nSPS) is 21.2. The van der Waals surface area contributed by atoms with Crippen LogP contribution in [0.15, 0.2) is 36.5 Å². The smallest absolute Gasteiger partial charge is 0.227 e. The summed E-state index contributed by atoms with van der Waals surface area (Å²) in [6, 6.07) is 9.07. The Labute approximate surface area is 174 Å². The van der Waals surface area contributed by atoms with E-state index in [1.807, 2.05) is 18.2 Å². The maximum absolute atomic E-state index is 14.4. The number of piperidine rings is 1. The van der Waals surface area contributed by atoms with Gasteiger partial charge in [-0.2, -0.15) is 0 Å². The van der Waals surface area contributed by atoms with Gasteiger partial charge in [0.2, 0.25) is 12.3 Å². The van der Waals surface area contributed by atoms with E-state index in [1.54, 1.807) is 18.3 Å². The van der Waals surface area contributed by atoms with Crippen molar-refractivity contribution in [2.24, 2.45) is 11.7 Å². The van der Waals surface area contributed by atoms with Crippen LogP contribution in [-0.2, 0) is 16.1 Å². The molecule has 1 aromatic carbocycles. The minimum atomic E-state index is -1.25. The van der Waals surface area contributed by atoms with E-state index in [1.165, 1.54) is 4.90 Å². The monoisotopic (exact) mass is 412 g/mol. The first kappa shape index (κ1) is 20.3. The number of rotatable bonds is 7. The molecule has 158 valence electrons. The summed E-state index contributed by atoms with van der Waals surface area (Å²) < 4.78 is 20.3. The number of ether oxygens (including phenoxy) is 1. The predicted octanol–water partition coefficient (Wildman–Crippen LogP) is 2.50. The summed E-state index contributed by atoms with van der Waals surface area (Å²) in [5, 5.41) is 2.92. The number of benzene rings is 1. The van der Waals surface area contributed by atoms with Crippen molar-refractivity contribution >= 4 is 18.0 Å². The van der Waals surface area contributed by atoms with Gasteiger partial charge in [0.05, 0.1) is 12.2 Å². The number of nitrogens with zero attached hydrogens (tertiary/aromatic N) is 2. The van der Waals surface area contributed by atoms with Crippen molar-refractivity contribution in [2.75, 3.05) is 18.4 Å². The average Bonchev–Trinajstić information content (AvgIpc) is 3.61. The zero-order chi connectivity index (χ0) is 21.1. The molecular formula is C22H25FN4O3. The number of hydrogen-bond acceptors (Lipinski definition) is 5. The Morgan fingerprint density at radius 1 is 1.30 bits per heavy atom. The number of likely N-dealkylation sites (tertiary alicyclic amines) is 1. The van der Waals surface area contributed by atoms with Crippen LogP contribution in [0.4, 0.5) is 10.1 Å². The quantitative estimate of drug-likeness (QED) is 0.681. The van der Waals surface area contributed by atoms with Crippen LogP contribution >= 0.6 is 0 Å². The lowest BCUT2D eigenvalue weighted by molar-refractivity contribution is -0.121. The number of pyridine rings is 1. The summed E-state index contributed by atoms with van der Waals surface area (Å²) in [5.74, 6) is 0.700. The number of nitrogens with one attached hydrogen (secondary N) is 1. The van der Waals surface area contributed by atoms with Gasteiger partial charge >= 0.3 is 0 Å². The Kier molecular flexibility index (Phi) is 5.94. The van der Waals surface area contributed by atoms with Crippen LogP contribution in [0.3, 0.4) is 0 Å². The molecule has 1 aliphatic heterocycles. The van der Waals surface area contributed by atoms with Crippen molar-refractivity contribution < 1.29 is 18.7 Å². The molecule has 2 heterocycles. The van der Waals surface area contributed by atoms with Crippen LogP contribution in [0.25, 0.3) is 11.3 Å². The number of aromatic nitrogens is 1. The number of anilines is 1. The van der Waals surface area contributed by atoms with E-state index in [9.17, 15) is 14.0 Å². The van der Waals surface area contributed by atoms with Crippen molar-refractivity contribution in [1.29, 1.82) is 0 Å². The third-order valence-corrected chi connectivity index (χ3v) is 5.49. The number of nitrogens with two attached hydrogens (primary N) is 1. The van der Waals surface area contributed by atoms with Gasteiger partial charge in [-0.15, -0.1) is 0 Å². The molecule has 0 radical (unpaired) electrons. The van der Waals surface area contributed by atoms with Gasteiger partial charge in [0.1, 0.15) is 11.9 Å². The summed E-state index contributed by atoms with van der Waals surface area (Å²) >= 11 is 0. The largest absolute Gasteiger partial charge is 0.487 e. The fourth-order valence-corrected chi connectivity index (χ4v) is 3.57. The van der Waals surface area contributed by atoms with Crippen molar-refractivity contribution in [2.45, 2.75) is 38.1 Å². The maximum atomic E-state index is 14.4. The Morgan fingerprint density at radius 3 is 2.83 bits per heavy atom. The van der Waals surface area contributed by atoms with Gasteiger partial charge in [-0.3, -0.25) is 14.6 Å². The molecule has 0 unspecified atom stereocenters. The average molecular weight is 412 g/mol. The number of carbonyl (C=O) groups excluding carboxylic acids is 2. The molecule has 1 saturated heterocycles. The van der Waals surface area contributed by atoms with E-state index < -0.39 is 12.3 Å². The highest BCUT2D eigenvalue weighted by atomic mass is 19.1. The van der Waals surface area contributed by atoms with Crippen molar-refractivity contribution in [3.05, 3.63) is 42.1 Å². The lowest BCUT2D eigenvalue weighted by atomic mass is 10.0. The van der Waals surface area contributed by atoms with Crippen LogP contribution < -0.4 is 15.8 Å². The minimum Gasteiger partial charge on any atom is -0.487 e. The molecule has 2 aromatic rings. The lowest BCUT2D eigenvalue weighted by Crippen LogP contribution is -2.46. The predicted molar refractivity (Wildman–Crippen MR) is 110 cm³/mol. The second-order valence-electron chi connectivity index (χ2n) is 7.78.